The van der Waals surface area contributed by atoms with Crippen molar-refractivity contribution in [2.45, 2.75) is 39.5 Å². The van der Waals surface area contributed by atoms with E-state index in [0.717, 1.165) is 0 Å². The largest absolute Gasteiger partial charge is 0.361 e. The van der Waals surface area contributed by atoms with Crippen molar-refractivity contribution in [1.82, 2.24) is 4.98 Å². The molecule has 15 heavy (non-hydrogen) atoms. The van der Waals surface area contributed by atoms with E-state index in [9.17, 15) is 0 Å². The topological polar surface area (TPSA) is 15.8 Å². The first kappa shape index (κ1) is 10.3. The molecule has 0 radical (unpaired) electrons. The van der Waals surface area contributed by atoms with Crippen LogP contribution in [0.15, 0.2) is 24.4 Å². The minimum atomic E-state index is 0.582. The van der Waals surface area contributed by atoms with E-state index in [-0.39, 0.29) is 0 Å². The molecule has 1 N–H and O–H groups in total. The van der Waals surface area contributed by atoms with Crippen molar-refractivity contribution in [1.29, 1.82) is 0 Å². The molecular formula is C14H19N. The molecule has 0 aliphatic rings. The molecule has 0 atom stereocenters. The van der Waals surface area contributed by atoms with Gasteiger partial charge in [0, 0.05) is 17.1 Å². The number of aromatic nitrogens is 1. The van der Waals surface area contributed by atoms with Crippen molar-refractivity contribution < 1.29 is 0 Å². The van der Waals surface area contributed by atoms with E-state index in [1.807, 2.05) is 0 Å². The summed E-state index contributed by atoms with van der Waals surface area (Å²) in [6.45, 7) is 9.01. The average Bonchev–Trinajstić information content (AvgIpc) is 2.60. The zero-order valence-corrected chi connectivity index (χ0v) is 9.96. The molecule has 1 heterocycles. The van der Waals surface area contributed by atoms with E-state index in [1.54, 1.807) is 0 Å². The van der Waals surface area contributed by atoms with Crippen LogP contribution in [0.1, 0.15) is 50.7 Å². The molecule has 0 aliphatic carbocycles. The van der Waals surface area contributed by atoms with E-state index in [1.165, 1.54) is 22.0 Å². The molecule has 0 spiro atoms. The summed E-state index contributed by atoms with van der Waals surface area (Å²) in [5, 5.41) is 1.43. The molecule has 1 nitrogen and oxygen atoms in total. The first-order valence-electron chi connectivity index (χ1n) is 5.71. The Balaban J connectivity index is 2.75. The Labute approximate surface area is 91.5 Å². The molecule has 0 unspecified atom stereocenters. The Kier molecular flexibility index (Phi) is 2.56. The van der Waals surface area contributed by atoms with Crippen LogP contribution in [0.25, 0.3) is 10.9 Å². The van der Waals surface area contributed by atoms with Gasteiger partial charge in [0.15, 0.2) is 0 Å². The van der Waals surface area contributed by atoms with Crippen molar-refractivity contribution in [2.75, 3.05) is 0 Å². The fourth-order valence-electron chi connectivity index (χ4n) is 2.18. The normalized spacial score (nSPS) is 11.9. The fraction of sp³-hybridized carbons (Fsp3) is 0.429. The number of hydrogen-bond donors (Lipinski definition) is 1. The van der Waals surface area contributed by atoms with Gasteiger partial charge in [0.05, 0.1) is 0 Å². The monoisotopic (exact) mass is 201 g/mol. The number of benzene rings is 1. The molecule has 0 aliphatic heterocycles. The lowest BCUT2D eigenvalue weighted by Crippen LogP contribution is -1.92. The second kappa shape index (κ2) is 3.73. The number of fused-ring (bicyclic) bond motifs is 1. The highest BCUT2D eigenvalue weighted by Crippen LogP contribution is 2.31. The number of rotatable bonds is 2. The predicted octanol–water partition coefficient (Wildman–Crippen LogP) is 4.41. The molecule has 0 saturated heterocycles. The Morgan fingerprint density at radius 1 is 0.933 bits per heavy atom. The molecule has 0 amide bonds. The lowest BCUT2D eigenvalue weighted by molar-refractivity contribution is 0.856. The molecule has 0 bridgehead atoms. The Morgan fingerprint density at radius 3 is 2.20 bits per heavy atom. The third-order valence-electron chi connectivity index (χ3n) is 3.01. The van der Waals surface area contributed by atoms with Gasteiger partial charge in [-0.3, -0.25) is 0 Å². The van der Waals surface area contributed by atoms with Crippen molar-refractivity contribution in [3.8, 4) is 0 Å². The zero-order valence-electron chi connectivity index (χ0n) is 9.96. The van der Waals surface area contributed by atoms with Crippen LogP contribution in [0.3, 0.4) is 0 Å². The minimum Gasteiger partial charge on any atom is -0.361 e. The van der Waals surface area contributed by atoms with Gasteiger partial charge in [0.25, 0.3) is 0 Å². The first-order valence-corrected chi connectivity index (χ1v) is 5.71. The second-order valence-electron chi connectivity index (χ2n) is 4.82. The van der Waals surface area contributed by atoms with Crippen LogP contribution in [-0.4, -0.2) is 4.98 Å². The molecule has 1 aromatic heterocycles. The van der Waals surface area contributed by atoms with Crippen LogP contribution >= 0.6 is 0 Å². The van der Waals surface area contributed by atoms with E-state index >= 15 is 0 Å². The lowest BCUT2D eigenvalue weighted by Gasteiger charge is -2.10. The van der Waals surface area contributed by atoms with Gasteiger partial charge < -0.3 is 4.98 Å². The molecule has 0 saturated carbocycles. The van der Waals surface area contributed by atoms with E-state index < -0.39 is 0 Å². The van der Waals surface area contributed by atoms with E-state index in [2.05, 4.69) is 57.1 Å². The Hall–Kier alpha value is -1.24. The number of H-pyrrole nitrogens is 1. The molecular weight excluding hydrogens is 182 g/mol. The third-order valence-corrected chi connectivity index (χ3v) is 3.01. The van der Waals surface area contributed by atoms with Crippen molar-refractivity contribution >= 4 is 10.9 Å². The summed E-state index contributed by atoms with van der Waals surface area (Å²) in [4.78, 5) is 3.36. The molecule has 0 fully saturated rings. The van der Waals surface area contributed by atoms with E-state index in [4.69, 9.17) is 0 Å². The lowest BCUT2D eigenvalue weighted by atomic mass is 9.93. The number of nitrogens with one attached hydrogen (secondary N) is 1. The standard InChI is InChI=1S/C14H19N/c1-9(2)11-6-5-7-13-14(11)12(8-15-13)10(3)4/h5-10,15H,1-4H3. The van der Waals surface area contributed by atoms with Crippen LogP contribution in [-0.2, 0) is 0 Å². The maximum Gasteiger partial charge on any atom is 0.0459 e. The second-order valence-corrected chi connectivity index (χ2v) is 4.82. The first-order chi connectivity index (χ1) is 7.11. The summed E-state index contributed by atoms with van der Waals surface area (Å²) >= 11 is 0. The summed E-state index contributed by atoms with van der Waals surface area (Å²) in [5.74, 6) is 1.17. The third kappa shape index (κ3) is 1.67. The van der Waals surface area contributed by atoms with Crippen molar-refractivity contribution in [3.05, 3.63) is 35.5 Å². The molecule has 1 heteroatoms. The molecule has 2 rings (SSSR count). The highest BCUT2D eigenvalue weighted by molar-refractivity contribution is 5.87. The zero-order chi connectivity index (χ0) is 11.0. The van der Waals surface area contributed by atoms with Gasteiger partial charge in [-0.2, -0.15) is 0 Å². The maximum atomic E-state index is 3.36. The number of hydrogen-bond acceptors (Lipinski definition) is 0. The summed E-state index contributed by atoms with van der Waals surface area (Å²) in [5.41, 5.74) is 4.16. The summed E-state index contributed by atoms with van der Waals surface area (Å²) < 4.78 is 0. The average molecular weight is 201 g/mol. The van der Waals surface area contributed by atoms with Gasteiger partial charge in [-0.1, -0.05) is 39.8 Å². The van der Waals surface area contributed by atoms with Crippen molar-refractivity contribution in [3.63, 3.8) is 0 Å². The quantitative estimate of drug-likeness (QED) is 0.740. The summed E-state index contributed by atoms with van der Waals surface area (Å²) in [6.07, 6.45) is 2.15. The maximum absolute atomic E-state index is 3.36. The highest BCUT2D eigenvalue weighted by atomic mass is 14.7. The SMILES string of the molecule is CC(C)c1cccc2[nH]cc(C(C)C)c12. The van der Waals surface area contributed by atoms with Gasteiger partial charge in [0.1, 0.15) is 0 Å². The summed E-state index contributed by atoms with van der Waals surface area (Å²) in [6, 6.07) is 6.54. The summed E-state index contributed by atoms with van der Waals surface area (Å²) in [7, 11) is 0. The predicted molar refractivity (Wildman–Crippen MR) is 66.5 cm³/mol. The van der Waals surface area contributed by atoms with Crippen molar-refractivity contribution in [2.24, 2.45) is 0 Å². The molecule has 80 valence electrons. The fourth-order valence-corrected chi connectivity index (χ4v) is 2.18. The van der Waals surface area contributed by atoms with E-state index in [0.29, 0.717) is 11.8 Å². The van der Waals surface area contributed by atoms with Crippen LogP contribution in [0.2, 0.25) is 0 Å². The van der Waals surface area contributed by atoms with Gasteiger partial charge in [-0.15, -0.1) is 0 Å². The number of aromatic amines is 1. The van der Waals surface area contributed by atoms with Gasteiger partial charge in [-0.05, 0) is 29.0 Å². The highest BCUT2D eigenvalue weighted by Gasteiger charge is 2.12. The van der Waals surface area contributed by atoms with Crippen LogP contribution in [0.4, 0.5) is 0 Å². The van der Waals surface area contributed by atoms with Gasteiger partial charge >= 0.3 is 0 Å². The molecule has 1 aromatic carbocycles. The smallest absolute Gasteiger partial charge is 0.0459 e. The minimum absolute atomic E-state index is 0.582. The Bertz CT molecular complexity index is 463. The Morgan fingerprint density at radius 2 is 1.60 bits per heavy atom. The molecule has 2 aromatic rings. The van der Waals surface area contributed by atoms with Gasteiger partial charge in [-0.25, -0.2) is 0 Å². The van der Waals surface area contributed by atoms with Crippen LogP contribution in [0, 0.1) is 0 Å². The van der Waals surface area contributed by atoms with Gasteiger partial charge in [0.2, 0.25) is 0 Å². The van der Waals surface area contributed by atoms with Crippen LogP contribution in [0.5, 0.6) is 0 Å². The van der Waals surface area contributed by atoms with Crippen LogP contribution < -0.4 is 0 Å².